The zero-order valence-corrected chi connectivity index (χ0v) is 8.15. The second-order valence-electron chi connectivity index (χ2n) is 4.09. The van der Waals surface area contributed by atoms with Crippen LogP contribution < -0.4 is 0 Å². The van der Waals surface area contributed by atoms with Gasteiger partial charge in [-0.3, -0.25) is 0 Å². The highest BCUT2D eigenvalue weighted by molar-refractivity contribution is 4.80. The summed E-state index contributed by atoms with van der Waals surface area (Å²) < 4.78 is 0. The van der Waals surface area contributed by atoms with Gasteiger partial charge in [-0.1, -0.05) is 27.2 Å². The van der Waals surface area contributed by atoms with Gasteiger partial charge in [0, 0.05) is 5.92 Å². The summed E-state index contributed by atoms with van der Waals surface area (Å²) in [6.07, 6.45) is 3.40. The lowest BCUT2D eigenvalue weighted by atomic mass is 9.83. The standard InChI is InChI=1S/C10H19N/c1-5-10(3,4)7-6-9(2)8-11/h9H,5-7H2,1-4H3. The van der Waals surface area contributed by atoms with Gasteiger partial charge in [0.15, 0.2) is 0 Å². The van der Waals surface area contributed by atoms with Crippen molar-refractivity contribution >= 4 is 0 Å². The van der Waals surface area contributed by atoms with Crippen molar-refractivity contribution in [1.29, 1.82) is 5.26 Å². The maximum atomic E-state index is 8.55. The van der Waals surface area contributed by atoms with Crippen molar-refractivity contribution in [3.63, 3.8) is 0 Å². The molecule has 0 rings (SSSR count). The summed E-state index contributed by atoms with van der Waals surface area (Å²) in [5.41, 5.74) is 0.422. The number of hydrogen-bond acceptors (Lipinski definition) is 1. The van der Waals surface area contributed by atoms with Gasteiger partial charge in [0.25, 0.3) is 0 Å². The fourth-order valence-corrected chi connectivity index (χ4v) is 0.849. The molecular weight excluding hydrogens is 134 g/mol. The lowest BCUT2D eigenvalue weighted by molar-refractivity contribution is 0.301. The first kappa shape index (κ1) is 10.5. The normalized spacial score (nSPS) is 14.1. The molecule has 0 radical (unpaired) electrons. The molecule has 1 unspecified atom stereocenters. The zero-order valence-electron chi connectivity index (χ0n) is 8.15. The Morgan fingerprint density at radius 3 is 2.36 bits per heavy atom. The summed E-state index contributed by atoms with van der Waals surface area (Å²) in [6.45, 7) is 8.72. The number of hydrogen-bond donors (Lipinski definition) is 0. The molecular formula is C10H19N. The molecule has 0 heterocycles. The van der Waals surface area contributed by atoms with E-state index in [1.54, 1.807) is 0 Å². The van der Waals surface area contributed by atoms with Crippen LogP contribution in [0.25, 0.3) is 0 Å². The molecule has 64 valence electrons. The molecule has 0 aromatic rings. The summed E-state index contributed by atoms with van der Waals surface area (Å²) >= 11 is 0. The fourth-order valence-electron chi connectivity index (χ4n) is 0.849. The van der Waals surface area contributed by atoms with Crippen molar-refractivity contribution in [2.45, 2.75) is 47.0 Å². The quantitative estimate of drug-likeness (QED) is 0.607. The van der Waals surface area contributed by atoms with Crippen LogP contribution in [-0.4, -0.2) is 0 Å². The third kappa shape index (κ3) is 4.84. The summed E-state index contributed by atoms with van der Waals surface area (Å²) in [5.74, 6) is 0.223. The minimum absolute atomic E-state index is 0.223. The minimum atomic E-state index is 0.223. The highest BCUT2D eigenvalue weighted by Crippen LogP contribution is 2.27. The van der Waals surface area contributed by atoms with Gasteiger partial charge in [0.05, 0.1) is 6.07 Å². The van der Waals surface area contributed by atoms with E-state index in [1.807, 2.05) is 6.92 Å². The van der Waals surface area contributed by atoms with E-state index in [-0.39, 0.29) is 5.92 Å². The summed E-state index contributed by atoms with van der Waals surface area (Å²) in [7, 11) is 0. The first-order valence-electron chi connectivity index (χ1n) is 4.41. The Labute approximate surface area is 70.4 Å². The Morgan fingerprint density at radius 2 is 2.00 bits per heavy atom. The molecule has 0 aliphatic heterocycles. The van der Waals surface area contributed by atoms with Crippen LogP contribution in [0.5, 0.6) is 0 Å². The fraction of sp³-hybridized carbons (Fsp3) is 0.900. The van der Waals surface area contributed by atoms with Gasteiger partial charge in [-0.2, -0.15) is 5.26 Å². The highest BCUT2D eigenvalue weighted by atomic mass is 14.3. The average molecular weight is 153 g/mol. The van der Waals surface area contributed by atoms with Gasteiger partial charge in [-0.05, 0) is 25.2 Å². The largest absolute Gasteiger partial charge is 0.198 e. The monoisotopic (exact) mass is 153 g/mol. The first-order chi connectivity index (χ1) is 5.02. The lowest BCUT2D eigenvalue weighted by Gasteiger charge is -2.22. The number of nitrogens with zero attached hydrogens (tertiary/aromatic N) is 1. The number of nitriles is 1. The predicted octanol–water partition coefficient (Wildman–Crippen LogP) is 3.36. The van der Waals surface area contributed by atoms with Gasteiger partial charge in [-0.25, -0.2) is 0 Å². The van der Waals surface area contributed by atoms with Crippen LogP contribution in [0.2, 0.25) is 0 Å². The van der Waals surface area contributed by atoms with Gasteiger partial charge < -0.3 is 0 Å². The van der Waals surface area contributed by atoms with Crippen molar-refractivity contribution in [2.24, 2.45) is 11.3 Å². The minimum Gasteiger partial charge on any atom is -0.198 e. The van der Waals surface area contributed by atoms with Gasteiger partial charge in [0.1, 0.15) is 0 Å². The Hall–Kier alpha value is -0.510. The zero-order chi connectivity index (χ0) is 8.91. The smallest absolute Gasteiger partial charge is 0.0652 e. The highest BCUT2D eigenvalue weighted by Gasteiger charge is 2.15. The molecule has 0 aliphatic carbocycles. The van der Waals surface area contributed by atoms with E-state index in [4.69, 9.17) is 5.26 Å². The molecule has 0 aliphatic rings. The van der Waals surface area contributed by atoms with Crippen LogP contribution in [0.1, 0.15) is 47.0 Å². The van der Waals surface area contributed by atoms with Crippen molar-refractivity contribution in [1.82, 2.24) is 0 Å². The third-order valence-corrected chi connectivity index (χ3v) is 2.43. The first-order valence-corrected chi connectivity index (χ1v) is 4.41. The SMILES string of the molecule is CCC(C)(C)CCC(C)C#N. The van der Waals surface area contributed by atoms with Crippen molar-refractivity contribution < 1.29 is 0 Å². The van der Waals surface area contributed by atoms with Crippen LogP contribution >= 0.6 is 0 Å². The molecule has 0 saturated heterocycles. The van der Waals surface area contributed by atoms with Crippen molar-refractivity contribution in [3.05, 3.63) is 0 Å². The molecule has 0 N–H and O–H groups in total. The van der Waals surface area contributed by atoms with E-state index in [9.17, 15) is 0 Å². The Morgan fingerprint density at radius 1 is 1.45 bits per heavy atom. The van der Waals surface area contributed by atoms with Crippen LogP contribution in [0.15, 0.2) is 0 Å². The van der Waals surface area contributed by atoms with Gasteiger partial charge in [-0.15, -0.1) is 0 Å². The van der Waals surface area contributed by atoms with Crippen LogP contribution in [-0.2, 0) is 0 Å². The number of rotatable bonds is 4. The molecule has 0 saturated carbocycles. The topological polar surface area (TPSA) is 23.8 Å². The lowest BCUT2D eigenvalue weighted by Crippen LogP contribution is -2.10. The van der Waals surface area contributed by atoms with E-state index >= 15 is 0 Å². The van der Waals surface area contributed by atoms with Gasteiger partial charge >= 0.3 is 0 Å². The third-order valence-electron chi connectivity index (χ3n) is 2.43. The van der Waals surface area contributed by atoms with E-state index in [0.717, 1.165) is 12.8 Å². The molecule has 0 amide bonds. The molecule has 1 atom stereocenters. The predicted molar refractivity (Wildman–Crippen MR) is 48.1 cm³/mol. The van der Waals surface area contributed by atoms with Crippen LogP contribution in [0.4, 0.5) is 0 Å². The van der Waals surface area contributed by atoms with Crippen molar-refractivity contribution in [3.8, 4) is 6.07 Å². The molecule has 11 heavy (non-hydrogen) atoms. The maximum absolute atomic E-state index is 8.55. The maximum Gasteiger partial charge on any atom is 0.0652 e. The van der Waals surface area contributed by atoms with Crippen LogP contribution in [0.3, 0.4) is 0 Å². The van der Waals surface area contributed by atoms with Crippen LogP contribution in [0, 0.1) is 22.7 Å². The van der Waals surface area contributed by atoms with Gasteiger partial charge in [0.2, 0.25) is 0 Å². The molecule has 0 fully saturated rings. The summed E-state index contributed by atoms with van der Waals surface area (Å²) in [4.78, 5) is 0. The second kappa shape index (κ2) is 4.38. The molecule has 0 aromatic heterocycles. The molecule has 0 aromatic carbocycles. The summed E-state index contributed by atoms with van der Waals surface area (Å²) in [5, 5.41) is 8.55. The average Bonchev–Trinajstić information content (AvgIpc) is 2.00. The molecule has 0 spiro atoms. The van der Waals surface area contributed by atoms with Crippen molar-refractivity contribution in [2.75, 3.05) is 0 Å². The molecule has 1 nitrogen and oxygen atoms in total. The Balaban J connectivity index is 3.63. The molecule has 1 heteroatoms. The molecule has 0 bridgehead atoms. The van der Waals surface area contributed by atoms with E-state index < -0.39 is 0 Å². The summed E-state index contributed by atoms with van der Waals surface area (Å²) in [6, 6.07) is 2.26. The Kier molecular flexibility index (Phi) is 4.18. The Bertz CT molecular complexity index is 141. The second-order valence-corrected chi connectivity index (χ2v) is 4.09. The van der Waals surface area contributed by atoms with E-state index in [2.05, 4.69) is 26.8 Å². The van der Waals surface area contributed by atoms with E-state index in [1.165, 1.54) is 6.42 Å². The van der Waals surface area contributed by atoms with E-state index in [0.29, 0.717) is 5.41 Å².